The van der Waals surface area contributed by atoms with Crippen molar-refractivity contribution in [2.24, 2.45) is 0 Å². The van der Waals surface area contributed by atoms with Crippen LogP contribution < -0.4 is 5.32 Å². The van der Waals surface area contributed by atoms with Gasteiger partial charge in [-0.1, -0.05) is 17.4 Å². The molecule has 2 aromatic rings. The Morgan fingerprint density at radius 2 is 2.24 bits per heavy atom. The van der Waals surface area contributed by atoms with Crippen molar-refractivity contribution in [3.05, 3.63) is 40.1 Å². The second kappa shape index (κ2) is 7.14. The molecule has 1 aliphatic heterocycles. The maximum Gasteiger partial charge on any atom is 0.286 e. The molecule has 1 aliphatic rings. The predicted molar refractivity (Wildman–Crippen MR) is 92.4 cm³/mol. The number of carbonyl (C=O) groups excluding carboxylic acids is 1. The zero-order valence-corrected chi connectivity index (χ0v) is 15.1. The number of nitrogens with one attached hydrogen (secondary N) is 1. The van der Waals surface area contributed by atoms with Crippen LogP contribution in [0.1, 0.15) is 40.6 Å². The van der Waals surface area contributed by atoms with E-state index >= 15 is 0 Å². The Kier molecular flexibility index (Phi) is 5.11. The highest BCUT2D eigenvalue weighted by atomic mass is 32.2. The van der Waals surface area contributed by atoms with E-state index in [4.69, 9.17) is 0 Å². The van der Waals surface area contributed by atoms with E-state index in [1.807, 2.05) is 0 Å². The molecule has 1 saturated heterocycles. The van der Waals surface area contributed by atoms with Crippen molar-refractivity contribution in [3.63, 3.8) is 0 Å². The van der Waals surface area contributed by atoms with Crippen LogP contribution in [-0.2, 0) is 10.0 Å². The fourth-order valence-electron chi connectivity index (χ4n) is 2.70. The average Bonchev–Trinajstić information content (AvgIpc) is 3.24. The summed E-state index contributed by atoms with van der Waals surface area (Å²) >= 11 is 1.06. The zero-order valence-electron chi connectivity index (χ0n) is 13.5. The number of amides is 1. The minimum Gasteiger partial charge on any atom is -0.320 e. The largest absolute Gasteiger partial charge is 0.320 e. The monoisotopic (exact) mass is 384 g/mol. The quantitative estimate of drug-likeness (QED) is 0.855. The summed E-state index contributed by atoms with van der Waals surface area (Å²) in [5.41, 5.74) is 0.317. The van der Waals surface area contributed by atoms with Crippen LogP contribution in [0, 0.1) is 5.82 Å². The van der Waals surface area contributed by atoms with Gasteiger partial charge in [-0.05, 0) is 38.0 Å². The van der Waals surface area contributed by atoms with Gasteiger partial charge in [-0.25, -0.2) is 12.8 Å². The molecule has 1 aromatic carbocycles. The number of benzene rings is 1. The van der Waals surface area contributed by atoms with E-state index < -0.39 is 21.7 Å². The van der Waals surface area contributed by atoms with Crippen molar-refractivity contribution >= 4 is 33.0 Å². The Balaban J connectivity index is 1.77. The van der Waals surface area contributed by atoms with Gasteiger partial charge in [-0.15, -0.1) is 10.2 Å². The number of carbonyl (C=O) groups is 1. The molecule has 0 saturated carbocycles. The van der Waals surface area contributed by atoms with Gasteiger partial charge in [0.05, 0.1) is 11.8 Å². The molecule has 0 unspecified atom stereocenters. The summed E-state index contributed by atoms with van der Waals surface area (Å²) in [7, 11) is -3.33. The van der Waals surface area contributed by atoms with Crippen molar-refractivity contribution in [3.8, 4) is 0 Å². The predicted octanol–water partition coefficient (Wildman–Crippen LogP) is 2.42. The van der Waals surface area contributed by atoms with Gasteiger partial charge < -0.3 is 5.32 Å². The number of sulfonamides is 1. The van der Waals surface area contributed by atoms with Crippen LogP contribution in [0.25, 0.3) is 0 Å². The molecule has 1 N–H and O–H groups in total. The molecule has 1 amide bonds. The van der Waals surface area contributed by atoms with Gasteiger partial charge in [-0.2, -0.15) is 4.31 Å². The molecule has 1 aromatic heterocycles. The molecule has 134 valence electrons. The Morgan fingerprint density at radius 3 is 2.96 bits per heavy atom. The molecule has 0 bridgehead atoms. The molecular formula is C15H17FN4O3S2. The molecule has 3 rings (SSSR count). The summed E-state index contributed by atoms with van der Waals surface area (Å²) in [6.45, 7) is 2.05. The lowest BCUT2D eigenvalue weighted by atomic mass is 10.2. The second-order valence-corrected chi connectivity index (χ2v) is 8.80. The van der Waals surface area contributed by atoms with E-state index in [0.717, 1.165) is 17.8 Å². The molecule has 1 fully saturated rings. The second-order valence-electron chi connectivity index (χ2n) is 5.58. The summed E-state index contributed by atoms with van der Waals surface area (Å²) in [5, 5.41) is 11.0. The standard InChI is InChI=1S/C15H17FN4O3S2/c1-2-25(22,23)20-8-4-7-12(20)14-18-19-15(24-14)13(21)17-11-6-3-5-10(16)9-11/h3,5-6,9,12H,2,4,7-8H2,1H3,(H,17,21)/t12-/m1/s1. The lowest BCUT2D eigenvalue weighted by Crippen LogP contribution is -2.31. The van der Waals surface area contributed by atoms with Gasteiger partial charge >= 0.3 is 0 Å². The Morgan fingerprint density at radius 1 is 1.44 bits per heavy atom. The van der Waals surface area contributed by atoms with E-state index in [1.54, 1.807) is 13.0 Å². The van der Waals surface area contributed by atoms with Crippen LogP contribution in [0.3, 0.4) is 0 Å². The number of nitrogens with zero attached hydrogens (tertiary/aromatic N) is 3. The SMILES string of the molecule is CCS(=O)(=O)N1CCC[C@@H]1c1nnc(C(=O)Nc2cccc(F)c2)s1. The normalized spacial score (nSPS) is 18.4. The molecule has 1 atom stereocenters. The number of aromatic nitrogens is 2. The fourth-order valence-corrected chi connectivity index (χ4v) is 4.98. The fraction of sp³-hybridized carbons (Fsp3) is 0.400. The van der Waals surface area contributed by atoms with Gasteiger partial charge in [0.15, 0.2) is 0 Å². The molecular weight excluding hydrogens is 367 g/mol. The lowest BCUT2D eigenvalue weighted by Gasteiger charge is -2.21. The van der Waals surface area contributed by atoms with Crippen molar-refractivity contribution in [1.82, 2.24) is 14.5 Å². The molecule has 7 nitrogen and oxygen atoms in total. The molecule has 0 radical (unpaired) electrons. The van der Waals surface area contributed by atoms with Gasteiger partial charge in [0.2, 0.25) is 15.0 Å². The first-order valence-electron chi connectivity index (χ1n) is 7.80. The number of anilines is 1. The Bertz CT molecular complexity index is 884. The van der Waals surface area contributed by atoms with E-state index in [2.05, 4.69) is 15.5 Å². The van der Waals surface area contributed by atoms with E-state index in [9.17, 15) is 17.6 Å². The highest BCUT2D eigenvalue weighted by Crippen LogP contribution is 2.35. The summed E-state index contributed by atoms with van der Waals surface area (Å²) in [6.07, 6.45) is 1.40. The maximum absolute atomic E-state index is 13.2. The Labute approximate surface area is 148 Å². The number of rotatable bonds is 5. The van der Waals surface area contributed by atoms with Crippen molar-refractivity contribution in [2.45, 2.75) is 25.8 Å². The van der Waals surface area contributed by atoms with Crippen LogP contribution in [-0.4, -0.2) is 41.1 Å². The van der Waals surface area contributed by atoms with Gasteiger partial charge in [0, 0.05) is 12.2 Å². The molecule has 0 aliphatic carbocycles. The van der Waals surface area contributed by atoms with E-state index in [1.165, 1.54) is 22.5 Å². The van der Waals surface area contributed by atoms with Gasteiger partial charge in [0.25, 0.3) is 5.91 Å². The number of hydrogen-bond acceptors (Lipinski definition) is 6. The smallest absolute Gasteiger partial charge is 0.286 e. The third-order valence-corrected chi connectivity index (χ3v) is 6.83. The van der Waals surface area contributed by atoms with Crippen LogP contribution >= 0.6 is 11.3 Å². The summed E-state index contributed by atoms with van der Waals surface area (Å²) in [5.74, 6) is -0.936. The maximum atomic E-state index is 13.2. The minimum atomic E-state index is -3.33. The number of hydrogen-bond donors (Lipinski definition) is 1. The summed E-state index contributed by atoms with van der Waals surface area (Å²) < 4.78 is 38.9. The lowest BCUT2D eigenvalue weighted by molar-refractivity contribution is 0.102. The van der Waals surface area contributed by atoms with Crippen molar-refractivity contribution in [2.75, 3.05) is 17.6 Å². The zero-order chi connectivity index (χ0) is 18.0. The topological polar surface area (TPSA) is 92.3 Å². The van der Waals surface area contributed by atoms with Gasteiger partial charge in [-0.3, -0.25) is 4.79 Å². The van der Waals surface area contributed by atoms with Crippen LogP contribution in [0.4, 0.5) is 10.1 Å². The highest BCUT2D eigenvalue weighted by Gasteiger charge is 2.36. The minimum absolute atomic E-state index is 0.0230. The first-order chi connectivity index (χ1) is 11.9. The van der Waals surface area contributed by atoms with E-state index in [-0.39, 0.29) is 16.8 Å². The van der Waals surface area contributed by atoms with Crippen LogP contribution in [0.2, 0.25) is 0 Å². The first-order valence-corrected chi connectivity index (χ1v) is 10.2. The Hall–Kier alpha value is -1.91. The third kappa shape index (κ3) is 3.86. The van der Waals surface area contributed by atoms with Crippen LogP contribution in [0.5, 0.6) is 0 Å². The van der Waals surface area contributed by atoms with Crippen molar-refractivity contribution in [1.29, 1.82) is 0 Å². The highest BCUT2D eigenvalue weighted by molar-refractivity contribution is 7.89. The van der Waals surface area contributed by atoms with Crippen LogP contribution in [0.15, 0.2) is 24.3 Å². The summed E-state index contributed by atoms with van der Waals surface area (Å²) in [6, 6.07) is 5.16. The molecule has 0 spiro atoms. The first kappa shape index (κ1) is 17.9. The van der Waals surface area contributed by atoms with E-state index in [0.29, 0.717) is 23.7 Å². The number of halogens is 1. The third-order valence-electron chi connectivity index (χ3n) is 3.93. The molecule has 2 heterocycles. The molecule has 10 heteroatoms. The summed E-state index contributed by atoms with van der Waals surface area (Å²) in [4.78, 5) is 12.2. The van der Waals surface area contributed by atoms with Gasteiger partial charge in [0.1, 0.15) is 10.8 Å². The van der Waals surface area contributed by atoms with Crippen molar-refractivity contribution < 1.29 is 17.6 Å². The average molecular weight is 384 g/mol. The molecule has 25 heavy (non-hydrogen) atoms.